The van der Waals surface area contributed by atoms with E-state index in [0.717, 1.165) is 18.9 Å². The maximum absolute atomic E-state index is 13.2. The quantitative estimate of drug-likeness (QED) is 0.616. The Morgan fingerprint density at radius 1 is 1.39 bits per heavy atom. The van der Waals surface area contributed by atoms with Gasteiger partial charge < -0.3 is 5.73 Å². The number of rotatable bonds is 6. The summed E-state index contributed by atoms with van der Waals surface area (Å²) in [4.78, 5) is -0.202. The summed E-state index contributed by atoms with van der Waals surface area (Å²) in [5, 5.41) is 0. The molecule has 1 aromatic rings. The first kappa shape index (κ1) is 14.9. The van der Waals surface area contributed by atoms with Crippen molar-refractivity contribution in [2.45, 2.75) is 31.6 Å². The molecule has 0 heterocycles. The standard InChI is InChI=1S/C12H19FN2O2S/c1-9(2)5-4-8-15-18(16,17)11-7-3-6-10(13)12(11)14/h3,6-7,9,15H,4-5,8,14H2,1-2H3. The Labute approximate surface area is 107 Å². The molecule has 18 heavy (non-hydrogen) atoms. The second-order valence-corrected chi connectivity index (χ2v) is 6.32. The van der Waals surface area contributed by atoms with Crippen molar-refractivity contribution in [1.29, 1.82) is 0 Å². The maximum atomic E-state index is 13.2. The number of hydrogen-bond acceptors (Lipinski definition) is 3. The summed E-state index contributed by atoms with van der Waals surface area (Å²) < 4.78 is 39.4. The third-order valence-electron chi connectivity index (χ3n) is 2.55. The zero-order chi connectivity index (χ0) is 13.8. The van der Waals surface area contributed by atoms with Gasteiger partial charge in [0.1, 0.15) is 10.7 Å². The molecule has 0 amide bonds. The van der Waals surface area contributed by atoms with E-state index in [1.54, 1.807) is 0 Å². The van der Waals surface area contributed by atoms with E-state index in [-0.39, 0.29) is 10.6 Å². The number of benzene rings is 1. The summed E-state index contributed by atoms with van der Waals surface area (Å²) in [6.45, 7) is 4.47. The van der Waals surface area contributed by atoms with Crippen LogP contribution in [0.25, 0.3) is 0 Å². The van der Waals surface area contributed by atoms with Crippen molar-refractivity contribution in [3.8, 4) is 0 Å². The number of nitrogens with one attached hydrogen (secondary N) is 1. The van der Waals surface area contributed by atoms with Crippen LogP contribution in [0.5, 0.6) is 0 Å². The summed E-state index contributed by atoms with van der Waals surface area (Å²) >= 11 is 0. The number of sulfonamides is 1. The van der Waals surface area contributed by atoms with E-state index in [1.807, 2.05) is 0 Å². The lowest BCUT2D eigenvalue weighted by Gasteiger charge is -2.10. The molecule has 0 bridgehead atoms. The number of hydrogen-bond donors (Lipinski definition) is 2. The van der Waals surface area contributed by atoms with Gasteiger partial charge in [-0.2, -0.15) is 0 Å². The van der Waals surface area contributed by atoms with Crippen molar-refractivity contribution in [2.24, 2.45) is 5.92 Å². The highest BCUT2D eigenvalue weighted by Crippen LogP contribution is 2.20. The lowest BCUT2D eigenvalue weighted by molar-refractivity contribution is 0.539. The van der Waals surface area contributed by atoms with Gasteiger partial charge >= 0.3 is 0 Å². The van der Waals surface area contributed by atoms with Crippen LogP contribution in [-0.4, -0.2) is 15.0 Å². The molecule has 0 fully saturated rings. The summed E-state index contributed by atoms with van der Waals surface area (Å²) in [7, 11) is -3.73. The van der Waals surface area contributed by atoms with Crippen LogP contribution in [0, 0.1) is 11.7 Å². The smallest absolute Gasteiger partial charge is 0.242 e. The fourth-order valence-electron chi connectivity index (χ4n) is 1.55. The normalized spacial score (nSPS) is 12.0. The molecule has 0 unspecified atom stereocenters. The summed E-state index contributed by atoms with van der Waals surface area (Å²) in [5.74, 6) is -0.200. The topological polar surface area (TPSA) is 72.2 Å². The highest BCUT2D eigenvalue weighted by Gasteiger charge is 2.18. The Balaban J connectivity index is 2.72. The predicted octanol–water partition coefficient (Wildman–Crippen LogP) is 2.12. The highest BCUT2D eigenvalue weighted by molar-refractivity contribution is 7.89. The van der Waals surface area contributed by atoms with Crippen LogP contribution in [0.3, 0.4) is 0 Å². The fourth-order valence-corrected chi connectivity index (χ4v) is 2.76. The molecule has 4 nitrogen and oxygen atoms in total. The maximum Gasteiger partial charge on any atom is 0.242 e. The third kappa shape index (κ3) is 3.96. The average Bonchev–Trinajstić information content (AvgIpc) is 2.28. The minimum absolute atomic E-state index is 0.202. The lowest BCUT2D eigenvalue weighted by atomic mass is 10.1. The molecular weight excluding hydrogens is 255 g/mol. The minimum Gasteiger partial charge on any atom is -0.395 e. The molecular formula is C12H19FN2O2S. The van der Waals surface area contributed by atoms with E-state index in [0.29, 0.717) is 12.5 Å². The van der Waals surface area contributed by atoms with Crippen LogP contribution in [0.4, 0.5) is 10.1 Å². The summed E-state index contributed by atoms with van der Waals surface area (Å²) in [6.07, 6.45) is 1.67. The number of nitrogens with two attached hydrogens (primary N) is 1. The van der Waals surface area contributed by atoms with Gasteiger partial charge in [-0.3, -0.25) is 0 Å². The van der Waals surface area contributed by atoms with Gasteiger partial charge in [-0.15, -0.1) is 0 Å². The monoisotopic (exact) mass is 274 g/mol. The third-order valence-corrected chi connectivity index (χ3v) is 4.07. The Kier molecular flexibility index (Phi) is 5.10. The molecule has 0 saturated carbocycles. The minimum atomic E-state index is -3.73. The van der Waals surface area contributed by atoms with Gasteiger partial charge in [0.25, 0.3) is 0 Å². The Bertz CT molecular complexity index is 501. The number of anilines is 1. The van der Waals surface area contributed by atoms with Crippen LogP contribution in [0.15, 0.2) is 23.1 Å². The lowest BCUT2D eigenvalue weighted by Crippen LogP contribution is -2.26. The van der Waals surface area contributed by atoms with Gasteiger partial charge in [-0.1, -0.05) is 19.9 Å². The van der Waals surface area contributed by atoms with Crippen molar-refractivity contribution in [3.63, 3.8) is 0 Å². The van der Waals surface area contributed by atoms with E-state index in [9.17, 15) is 12.8 Å². The predicted molar refractivity (Wildman–Crippen MR) is 70.1 cm³/mol. The van der Waals surface area contributed by atoms with Crippen molar-refractivity contribution in [1.82, 2.24) is 4.72 Å². The average molecular weight is 274 g/mol. The highest BCUT2D eigenvalue weighted by atomic mass is 32.2. The molecule has 0 aromatic heterocycles. The Morgan fingerprint density at radius 2 is 2.06 bits per heavy atom. The molecule has 0 atom stereocenters. The van der Waals surface area contributed by atoms with Crippen LogP contribution < -0.4 is 10.5 Å². The fraction of sp³-hybridized carbons (Fsp3) is 0.500. The van der Waals surface area contributed by atoms with Gasteiger partial charge in [-0.05, 0) is 30.9 Å². The number of halogens is 1. The molecule has 102 valence electrons. The molecule has 0 aliphatic carbocycles. The van der Waals surface area contributed by atoms with Gasteiger partial charge in [0.15, 0.2) is 0 Å². The van der Waals surface area contributed by atoms with E-state index in [4.69, 9.17) is 5.73 Å². The van der Waals surface area contributed by atoms with Gasteiger partial charge in [-0.25, -0.2) is 17.5 Å². The van der Waals surface area contributed by atoms with E-state index < -0.39 is 15.8 Å². The Morgan fingerprint density at radius 3 is 2.67 bits per heavy atom. The van der Waals surface area contributed by atoms with Crippen LogP contribution in [0.2, 0.25) is 0 Å². The zero-order valence-corrected chi connectivity index (χ0v) is 11.4. The largest absolute Gasteiger partial charge is 0.395 e. The molecule has 0 radical (unpaired) electrons. The van der Waals surface area contributed by atoms with Crippen molar-refractivity contribution in [2.75, 3.05) is 12.3 Å². The molecule has 0 saturated heterocycles. The molecule has 6 heteroatoms. The van der Waals surface area contributed by atoms with Crippen molar-refractivity contribution >= 4 is 15.7 Å². The first-order valence-electron chi connectivity index (χ1n) is 5.88. The number of para-hydroxylation sites is 1. The van der Waals surface area contributed by atoms with E-state index in [2.05, 4.69) is 18.6 Å². The van der Waals surface area contributed by atoms with Gasteiger partial charge in [0.05, 0.1) is 5.69 Å². The second kappa shape index (κ2) is 6.15. The molecule has 1 rings (SSSR count). The zero-order valence-electron chi connectivity index (χ0n) is 10.6. The van der Waals surface area contributed by atoms with E-state index >= 15 is 0 Å². The van der Waals surface area contributed by atoms with Crippen molar-refractivity contribution in [3.05, 3.63) is 24.0 Å². The van der Waals surface area contributed by atoms with Crippen LogP contribution in [-0.2, 0) is 10.0 Å². The first-order chi connectivity index (χ1) is 8.34. The SMILES string of the molecule is CC(C)CCCNS(=O)(=O)c1cccc(F)c1N. The first-order valence-corrected chi connectivity index (χ1v) is 7.36. The molecule has 0 spiro atoms. The number of nitrogen functional groups attached to an aromatic ring is 1. The van der Waals surface area contributed by atoms with Crippen molar-refractivity contribution < 1.29 is 12.8 Å². The molecule has 0 aliphatic rings. The second-order valence-electron chi connectivity index (χ2n) is 4.59. The molecule has 3 N–H and O–H groups in total. The molecule has 0 aliphatic heterocycles. The Hall–Kier alpha value is -1.14. The summed E-state index contributed by atoms with van der Waals surface area (Å²) in [5.41, 5.74) is 5.09. The van der Waals surface area contributed by atoms with Crippen LogP contribution in [0.1, 0.15) is 26.7 Å². The van der Waals surface area contributed by atoms with Crippen LogP contribution >= 0.6 is 0 Å². The van der Waals surface area contributed by atoms with Gasteiger partial charge in [0.2, 0.25) is 10.0 Å². The summed E-state index contributed by atoms with van der Waals surface area (Å²) in [6, 6.07) is 3.75. The van der Waals surface area contributed by atoms with E-state index in [1.165, 1.54) is 12.1 Å². The van der Waals surface area contributed by atoms with Gasteiger partial charge in [0, 0.05) is 6.54 Å². The molecule has 1 aromatic carbocycles.